The Morgan fingerprint density at radius 2 is 1.92 bits per heavy atom. The van der Waals surface area contributed by atoms with E-state index >= 15 is 0 Å². The van der Waals surface area contributed by atoms with Crippen LogP contribution in [0, 0.1) is 6.92 Å². The normalized spacial score (nSPS) is 10.7. The Kier molecular flexibility index (Phi) is 3.56. The lowest BCUT2D eigenvalue weighted by Crippen LogP contribution is -2.40. The van der Waals surface area contributed by atoms with E-state index in [4.69, 9.17) is 0 Å². The minimum Gasteiger partial charge on any atom is -0.744 e. The highest BCUT2D eigenvalue weighted by Crippen LogP contribution is 2.16. The summed E-state index contributed by atoms with van der Waals surface area (Å²) in [4.78, 5) is -0.185. The topological polar surface area (TPSA) is 116 Å². The fraction of sp³-hybridized carbons (Fsp3) is 0.143. The maximum atomic E-state index is 10.6. The summed E-state index contributed by atoms with van der Waals surface area (Å²) in [6.45, 7) is 1.57. The van der Waals surface area contributed by atoms with Gasteiger partial charge in [0, 0.05) is 6.07 Å². The molecule has 0 saturated carbocycles. The Labute approximate surface area is 76.2 Å². The third-order valence-electron chi connectivity index (χ3n) is 1.52. The van der Waals surface area contributed by atoms with Crippen LogP contribution < -0.4 is 5.73 Å². The van der Waals surface area contributed by atoms with Crippen molar-refractivity contribution in [3.8, 4) is 0 Å². The van der Waals surface area contributed by atoms with Gasteiger partial charge in [-0.2, -0.15) is 0 Å². The molecule has 13 heavy (non-hydrogen) atoms. The molecule has 0 saturated heterocycles. The summed E-state index contributed by atoms with van der Waals surface area (Å²) >= 11 is 0. The quantitative estimate of drug-likeness (QED) is 0.589. The fourth-order valence-electron chi connectivity index (χ4n) is 0.914. The number of hydrogen-bond donors (Lipinski definition) is 1. The van der Waals surface area contributed by atoms with Crippen molar-refractivity contribution in [1.82, 2.24) is 0 Å². The predicted molar refractivity (Wildman–Crippen MR) is 45.3 cm³/mol. The van der Waals surface area contributed by atoms with Crippen LogP contribution in [0.3, 0.4) is 0 Å². The van der Waals surface area contributed by atoms with Gasteiger partial charge in [0.1, 0.15) is 15.8 Å². The first-order chi connectivity index (χ1) is 5.41. The summed E-state index contributed by atoms with van der Waals surface area (Å²) in [5.41, 5.74) is 4.51. The molecule has 5 nitrogen and oxygen atoms in total. The van der Waals surface area contributed by atoms with Gasteiger partial charge >= 0.3 is 0 Å². The maximum absolute atomic E-state index is 10.6. The molecule has 0 atom stereocenters. The number of rotatable bonds is 1. The number of benzene rings is 1. The van der Waals surface area contributed by atoms with E-state index < -0.39 is 10.1 Å². The van der Waals surface area contributed by atoms with Gasteiger partial charge in [-0.15, -0.1) is 0 Å². The van der Waals surface area contributed by atoms with Crippen molar-refractivity contribution < 1.29 is 24.2 Å². The Bertz CT molecular complexity index is 399. The lowest BCUT2D eigenvalue weighted by Gasteiger charge is -2.09. The van der Waals surface area contributed by atoms with Crippen LogP contribution in [0.25, 0.3) is 0 Å². The van der Waals surface area contributed by atoms with Gasteiger partial charge in [-0.3, -0.25) is 0 Å². The Morgan fingerprint density at radius 1 is 1.38 bits per heavy atom. The van der Waals surface area contributed by atoms with Gasteiger partial charge in [0.25, 0.3) is 0 Å². The first-order valence-electron chi connectivity index (χ1n) is 3.30. The largest absolute Gasteiger partial charge is 0.744 e. The average Bonchev–Trinajstić information content (AvgIpc) is 1.92. The summed E-state index contributed by atoms with van der Waals surface area (Å²) in [6.07, 6.45) is 0. The highest BCUT2D eigenvalue weighted by Gasteiger charge is 2.06. The second kappa shape index (κ2) is 3.84. The van der Waals surface area contributed by atoms with Crippen LogP contribution in [0.15, 0.2) is 23.1 Å². The van der Waals surface area contributed by atoms with E-state index in [1.54, 1.807) is 19.1 Å². The summed E-state index contributed by atoms with van der Waals surface area (Å²) in [7, 11) is -4.35. The second-order valence-corrected chi connectivity index (χ2v) is 3.90. The molecule has 0 heterocycles. The predicted octanol–water partition coefficient (Wildman–Crippen LogP) is -1.05. The molecular weight excluding hydrogens is 194 g/mol. The summed E-state index contributed by atoms with van der Waals surface area (Å²) in [6, 6.07) is 4.49. The van der Waals surface area contributed by atoms with E-state index in [0.717, 1.165) is 0 Å². The van der Waals surface area contributed by atoms with Crippen LogP contribution in [-0.4, -0.2) is 18.4 Å². The monoisotopic (exact) mass is 205 g/mol. The van der Waals surface area contributed by atoms with Crippen molar-refractivity contribution in [3.63, 3.8) is 0 Å². The molecule has 1 aromatic carbocycles. The van der Waals surface area contributed by atoms with Gasteiger partial charge < -0.3 is 15.8 Å². The van der Waals surface area contributed by atoms with Crippen molar-refractivity contribution in [2.24, 2.45) is 0 Å². The standard InChI is InChI=1S/C7H9NO3S.H2O/c1-5-2-3-6(8)4-7(5)12(9,10)11;/h2-4H,8H2,1H3,(H,9,10,11);1H2. The molecular formula is C7H11NO4S. The zero-order chi connectivity index (χ0) is 9.35. The van der Waals surface area contributed by atoms with Crippen molar-refractivity contribution in [3.05, 3.63) is 23.8 Å². The van der Waals surface area contributed by atoms with Crippen molar-refractivity contribution >= 4 is 15.8 Å². The van der Waals surface area contributed by atoms with Crippen LogP contribution in [0.4, 0.5) is 5.69 Å². The van der Waals surface area contributed by atoms with Crippen LogP contribution in [0.5, 0.6) is 0 Å². The molecule has 0 radical (unpaired) electrons. The first kappa shape index (κ1) is 12.0. The molecule has 0 unspecified atom stereocenters. The van der Waals surface area contributed by atoms with Gasteiger partial charge in [-0.05, 0) is 18.6 Å². The number of aryl methyl sites for hydroxylation is 1. The molecule has 0 aliphatic heterocycles. The van der Waals surface area contributed by atoms with E-state index in [0.29, 0.717) is 11.3 Å². The van der Waals surface area contributed by atoms with Gasteiger partial charge in [-0.25, -0.2) is 8.42 Å². The third-order valence-corrected chi connectivity index (χ3v) is 2.50. The molecule has 0 bridgehead atoms. The van der Waals surface area contributed by atoms with E-state index in [2.05, 4.69) is 5.73 Å². The van der Waals surface area contributed by atoms with Gasteiger partial charge in [-0.1, -0.05) is 6.07 Å². The third kappa shape index (κ3) is 2.78. The van der Waals surface area contributed by atoms with Crippen LogP contribution in [-0.2, 0) is 10.1 Å². The number of quaternary nitrogens is 1. The Balaban J connectivity index is 0.00000144. The van der Waals surface area contributed by atoms with Gasteiger partial charge in [0.05, 0.1) is 4.90 Å². The summed E-state index contributed by atoms with van der Waals surface area (Å²) in [5, 5.41) is 0. The van der Waals surface area contributed by atoms with E-state index in [9.17, 15) is 13.0 Å². The maximum Gasteiger partial charge on any atom is 0.129 e. The van der Waals surface area contributed by atoms with Crippen molar-refractivity contribution in [2.45, 2.75) is 11.8 Å². The Hall–Kier alpha value is -0.950. The summed E-state index contributed by atoms with van der Waals surface area (Å²) in [5.74, 6) is 0. The fourth-order valence-corrected chi connectivity index (χ4v) is 1.67. The smallest absolute Gasteiger partial charge is 0.129 e. The molecule has 0 aliphatic rings. The van der Waals surface area contributed by atoms with Gasteiger partial charge in [0.2, 0.25) is 0 Å². The van der Waals surface area contributed by atoms with Crippen LogP contribution in [0.1, 0.15) is 5.56 Å². The molecule has 5 N–H and O–H groups in total. The molecule has 0 fully saturated rings. The highest BCUT2D eigenvalue weighted by molar-refractivity contribution is 7.85. The molecule has 74 valence electrons. The van der Waals surface area contributed by atoms with Crippen LogP contribution in [0.2, 0.25) is 0 Å². The SMILES string of the molecule is Cc1ccc([NH3+])cc1S(=O)(=O)[O-].O. The lowest BCUT2D eigenvalue weighted by molar-refractivity contribution is -0.255. The highest BCUT2D eigenvalue weighted by atomic mass is 32.2. The first-order valence-corrected chi connectivity index (χ1v) is 4.70. The second-order valence-electron chi connectivity index (χ2n) is 2.55. The molecule has 0 spiro atoms. The van der Waals surface area contributed by atoms with Crippen molar-refractivity contribution in [2.75, 3.05) is 0 Å². The Morgan fingerprint density at radius 3 is 2.31 bits per heavy atom. The van der Waals surface area contributed by atoms with E-state index in [1.165, 1.54) is 6.07 Å². The average molecular weight is 205 g/mol. The number of hydrogen-bond acceptors (Lipinski definition) is 3. The molecule has 1 rings (SSSR count). The van der Waals surface area contributed by atoms with E-state index in [1.807, 2.05) is 0 Å². The molecule has 0 amide bonds. The zero-order valence-electron chi connectivity index (χ0n) is 7.07. The summed E-state index contributed by atoms with van der Waals surface area (Å²) < 4.78 is 31.9. The van der Waals surface area contributed by atoms with Gasteiger partial charge in [0.15, 0.2) is 0 Å². The molecule has 6 heteroatoms. The molecule has 1 aromatic rings. The lowest BCUT2D eigenvalue weighted by atomic mass is 10.2. The zero-order valence-corrected chi connectivity index (χ0v) is 7.89. The molecule has 0 aliphatic carbocycles. The van der Waals surface area contributed by atoms with E-state index in [-0.39, 0.29) is 10.4 Å². The van der Waals surface area contributed by atoms with Crippen molar-refractivity contribution in [1.29, 1.82) is 0 Å². The van der Waals surface area contributed by atoms with Crippen LogP contribution >= 0.6 is 0 Å². The molecule has 0 aromatic heterocycles. The minimum absolute atomic E-state index is 0. The minimum atomic E-state index is -4.35.